The molecule has 1 aliphatic heterocycles. The average Bonchev–Trinajstić information content (AvgIpc) is 3.07. The summed E-state index contributed by atoms with van der Waals surface area (Å²) in [5, 5.41) is 22.9. The first-order valence-corrected chi connectivity index (χ1v) is 8.80. The molecule has 1 aromatic heterocycles. The Balaban J connectivity index is 1.36. The Morgan fingerprint density at radius 1 is 1.23 bits per heavy atom. The number of β-amino-alcohol motifs (C(OH)–C–C–N with tert-alkyl or cyclic N) is 1. The smallest absolute Gasteiger partial charge is 0.150 e. The lowest BCUT2D eigenvalue weighted by atomic mass is 10.2. The molecule has 26 heavy (non-hydrogen) atoms. The molecule has 7 heteroatoms. The second-order valence-electron chi connectivity index (χ2n) is 6.61. The van der Waals surface area contributed by atoms with Gasteiger partial charge in [0.15, 0.2) is 5.76 Å². The first-order chi connectivity index (χ1) is 12.6. The maximum Gasteiger partial charge on any atom is 0.150 e. The van der Waals surface area contributed by atoms with E-state index in [1.165, 1.54) is 0 Å². The minimum atomic E-state index is -0.547. The first-order valence-electron chi connectivity index (χ1n) is 8.80. The third-order valence-corrected chi connectivity index (χ3v) is 4.42. The zero-order chi connectivity index (χ0) is 18.4. The fourth-order valence-corrected chi connectivity index (χ4v) is 3.01. The Hall–Kier alpha value is -2.40. The summed E-state index contributed by atoms with van der Waals surface area (Å²) in [7, 11) is 0. The molecule has 1 saturated heterocycles. The summed E-state index contributed by atoms with van der Waals surface area (Å²) in [5.74, 6) is 1.56. The normalized spacial score (nSPS) is 17.0. The number of ether oxygens (including phenoxy) is 1. The summed E-state index contributed by atoms with van der Waals surface area (Å²) in [6, 6.07) is 10.9. The Bertz CT molecular complexity index is 730. The van der Waals surface area contributed by atoms with Gasteiger partial charge in [-0.1, -0.05) is 5.16 Å². The number of rotatable bonds is 7. The van der Waals surface area contributed by atoms with Crippen molar-refractivity contribution in [3.8, 4) is 11.8 Å². The van der Waals surface area contributed by atoms with Gasteiger partial charge in [-0.15, -0.1) is 0 Å². The van der Waals surface area contributed by atoms with E-state index in [1.807, 2.05) is 13.0 Å². The van der Waals surface area contributed by atoms with Gasteiger partial charge < -0.3 is 14.4 Å². The molecule has 138 valence electrons. The van der Waals surface area contributed by atoms with Crippen LogP contribution in [0.5, 0.6) is 5.75 Å². The van der Waals surface area contributed by atoms with Crippen molar-refractivity contribution in [2.45, 2.75) is 19.6 Å². The summed E-state index contributed by atoms with van der Waals surface area (Å²) >= 11 is 0. The van der Waals surface area contributed by atoms with E-state index in [-0.39, 0.29) is 6.61 Å². The zero-order valence-corrected chi connectivity index (χ0v) is 15.0. The van der Waals surface area contributed by atoms with Gasteiger partial charge in [-0.25, -0.2) is 0 Å². The molecule has 2 aromatic rings. The highest BCUT2D eigenvalue weighted by molar-refractivity contribution is 5.34. The standard InChI is InChI=1S/C19H24N4O3/c1-15-10-19(26-21-15)13-23-8-6-22(7-9-23)12-17(24)14-25-18-4-2-16(11-20)3-5-18/h2-5,10,17,24H,6-9,12-14H2,1H3. The lowest BCUT2D eigenvalue weighted by molar-refractivity contribution is 0.0430. The number of aryl methyl sites for hydroxylation is 1. The molecule has 1 aromatic carbocycles. The number of nitrogens with zero attached hydrogens (tertiary/aromatic N) is 4. The molecule has 0 radical (unpaired) electrons. The van der Waals surface area contributed by atoms with Crippen molar-refractivity contribution in [1.29, 1.82) is 5.26 Å². The number of nitriles is 1. The van der Waals surface area contributed by atoms with Crippen LogP contribution in [0, 0.1) is 18.3 Å². The second-order valence-corrected chi connectivity index (χ2v) is 6.61. The van der Waals surface area contributed by atoms with Gasteiger partial charge in [0.05, 0.1) is 23.9 Å². The predicted octanol–water partition coefficient (Wildman–Crippen LogP) is 1.41. The molecule has 0 amide bonds. The molecule has 0 saturated carbocycles. The van der Waals surface area contributed by atoms with E-state index in [0.29, 0.717) is 17.9 Å². The van der Waals surface area contributed by atoms with Crippen molar-refractivity contribution in [1.82, 2.24) is 15.0 Å². The van der Waals surface area contributed by atoms with E-state index in [1.54, 1.807) is 24.3 Å². The summed E-state index contributed by atoms with van der Waals surface area (Å²) in [6.07, 6.45) is -0.547. The number of hydrogen-bond acceptors (Lipinski definition) is 7. The lowest BCUT2D eigenvalue weighted by Gasteiger charge is -2.35. The van der Waals surface area contributed by atoms with Crippen LogP contribution < -0.4 is 4.74 Å². The van der Waals surface area contributed by atoms with Crippen molar-refractivity contribution in [2.24, 2.45) is 0 Å². The van der Waals surface area contributed by atoms with Crippen LogP contribution in [-0.4, -0.2) is 65.5 Å². The molecule has 0 bridgehead atoms. The van der Waals surface area contributed by atoms with Crippen molar-refractivity contribution in [2.75, 3.05) is 39.3 Å². The van der Waals surface area contributed by atoms with E-state index >= 15 is 0 Å². The van der Waals surface area contributed by atoms with Crippen LogP contribution in [0.3, 0.4) is 0 Å². The monoisotopic (exact) mass is 356 g/mol. The van der Waals surface area contributed by atoms with Gasteiger partial charge >= 0.3 is 0 Å². The fraction of sp³-hybridized carbons (Fsp3) is 0.474. The van der Waals surface area contributed by atoms with E-state index < -0.39 is 6.10 Å². The third-order valence-electron chi connectivity index (χ3n) is 4.42. The number of aliphatic hydroxyl groups excluding tert-OH is 1. The molecule has 7 nitrogen and oxygen atoms in total. The molecule has 1 N–H and O–H groups in total. The van der Waals surface area contributed by atoms with Crippen LogP contribution in [0.4, 0.5) is 0 Å². The Morgan fingerprint density at radius 3 is 2.54 bits per heavy atom. The predicted molar refractivity (Wildman–Crippen MR) is 95.6 cm³/mol. The molecule has 0 spiro atoms. The average molecular weight is 356 g/mol. The minimum Gasteiger partial charge on any atom is -0.491 e. The van der Waals surface area contributed by atoms with Crippen LogP contribution >= 0.6 is 0 Å². The molecule has 1 atom stereocenters. The van der Waals surface area contributed by atoms with Gasteiger partial charge in [0.25, 0.3) is 0 Å². The largest absolute Gasteiger partial charge is 0.491 e. The van der Waals surface area contributed by atoms with Crippen molar-refractivity contribution >= 4 is 0 Å². The lowest BCUT2D eigenvalue weighted by Crippen LogP contribution is -2.48. The SMILES string of the molecule is Cc1cc(CN2CCN(CC(O)COc3ccc(C#N)cc3)CC2)on1. The number of aromatic nitrogens is 1. The van der Waals surface area contributed by atoms with Crippen LogP contribution in [0.15, 0.2) is 34.9 Å². The van der Waals surface area contributed by atoms with Gasteiger partial charge in [0, 0.05) is 38.8 Å². The van der Waals surface area contributed by atoms with Gasteiger partial charge in [0.1, 0.15) is 18.5 Å². The maximum atomic E-state index is 10.2. The number of benzene rings is 1. The van der Waals surface area contributed by atoms with Gasteiger partial charge in [-0.05, 0) is 31.2 Å². The number of aliphatic hydroxyl groups is 1. The molecular weight excluding hydrogens is 332 g/mol. The number of hydrogen-bond donors (Lipinski definition) is 1. The fourth-order valence-electron chi connectivity index (χ4n) is 3.01. The Morgan fingerprint density at radius 2 is 1.92 bits per heavy atom. The first kappa shape index (κ1) is 18.4. The van der Waals surface area contributed by atoms with Crippen LogP contribution in [0.25, 0.3) is 0 Å². The van der Waals surface area contributed by atoms with Gasteiger partial charge in [0.2, 0.25) is 0 Å². The highest BCUT2D eigenvalue weighted by atomic mass is 16.5. The van der Waals surface area contributed by atoms with Crippen molar-refractivity contribution < 1.29 is 14.4 Å². The third kappa shape index (κ3) is 5.30. The highest BCUT2D eigenvalue weighted by Gasteiger charge is 2.20. The molecule has 3 rings (SSSR count). The van der Waals surface area contributed by atoms with Crippen LogP contribution in [-0.2, 0) is 6.54 Å². The Labute approximate surface area is 153 Å². The minimum absolute atomic E-state index is 0.240. The van der Waals surface area contributed by atoms with E-state index in [4.69, 9.17) is 14.5 Å². The molecule has 2 heterocycles. The summed E-state index contributed by atoms with van der Waals surface area (Å²) in [4.78, 5) is 4.57. The van der Waals surface area contributed by atoms with Crippen LogP contribution in [0.2, 0.25) is 0 Å². The molecule has 0 aliphatic carbocycles. The van der Waals surface area contributed by atoms with E-state index in [2.05, 4.69) is 21.0 Å². The van der Waals surface area contributed by atoms with Crippen molar-refractivity contribution in [3.63, 3.8) is 0 Å². The highest BCUT2D eigenvalue weighted by Crippen LogP contribution is 2.13. The summed E-state index contributed by atoms with van der Waals surface area (Å²) in [5.41, 5.74) is 1.50. The topological polar surface area (TPSA) is 85.8 Å². The van der Waals surface area contributed by atoms with Crippen LogP contribution in [0.1, 0.15) is 17.0 Å². The second kappa shape index (κ2) is 8.81. The zero-order valence-electron chi connectivity index (χ0n) is 15.0. The van der Waals surface area contributed by atoms with E-state index in [9.17, 15) is 5.11 Å². The van der Waals surface area contributed by atoms with E-state index in [0.717, 1.165) is 44.2 Å². The van der Waals surface area contributed by atoms with Gasteiger partial charge in [-0.3, -0.25) is 9.80 Å². The van der Waals surface area contributed by atoms with Gasteiger partial charge in [-0.2, -0.15) is 5.26 Å². The van der Waals surface area contributed by atoms with Crippen molar-refractivity contribution in [3.05, 3.63) is 47.3 Å². The number of piperazine rings is 1. The Kier molecular flexibility index (Phi) is 6.23. The molecule has 1 fully saturated rings. The molecule has 1 aliphatic rings. The molecule has 1 unspecified atom stereocenters. The maximum absolute atomic E-state index is 10.2. The molecular formula is C19H24N4O3. The quantitative estimate of drug-likeness (QED) is 0.803. The summed E-state index contributed by atoms with van der Waals surface area (Å²) < 4.78 is 10.9. The summed E-state index contributed by atoms with van der Waals surface area (Å²) in [6.45, 7) is 7.20.